The largest absolute Gasteiger partial charge is 0.354 e. The van der Waals surface area contributed by atoms with Gasteiger partial charge in [-0.25, -0.2) is 13.1 Å². The molecule has 0 aliphatic carbocycles. The van der Waals surface area contributed by atoms with Crippen LogP contribution >= 0.6 is 0 Å². The average molecular weight is 250 g/mol. The summed E-state index contributed by atoms with van der Waals surface area (Å²) in [7, 11) is -3.20. The lowest BCUT2D eigenvalue weighted by atomic mass is 10.3. The van der Waals surface area contributed by atoms with Crippen molar-refractivity contribution in [1.82, 2.24) is 10.0 Å². The molecule has 1 amide bonds. The van der Waals surface area contributed by atoms with Crippen LogP contribution in [0, 0.1) is 0 Å². The Morgan fingerprint density at radius 3 is 2.19 bits per heavy atom. The molecule has 5 nitrogen and oxygen atoms in total. The summed E-state index contributed by atoms with van der Waals surface area (Å²) in [5, 5.41) is 2.31. The highest BCUT2D eigenvalue weighted by atomic mass is 32.2. The smallest absolute Gasteiger partial charge is 0.220 e. The van der Waals surface area contributed by atoms with Crippen molar-refractivity contribution in [3.8, 4) is 0 Å². The van der Waals surface area contributed by atoms with E-state index < -0.39 is 15.3 Å². The van der Waals surface area contributed by atoms with Gasteiger partial charge in [0, 0.05) is 19.0 Å². The van der Waals surface area contributed by atoms with Gasteiger partial charge in [0.2, 0.25) is 15.9 Å². The second kappa shape index (κ2) is 6.85. The van der Waals surface area contributed by atoms with Crippen molar-refractivity contribution in [3.63, 3.8) is 0 Å². The van der Waals surface area contributed by atoms with Crippen LogP contribution in [0.15, 0.2) is 0 Å². The molecule has 0 fully saturated rings. The SMILES string of the molecule is CC(C)NC(=O)CCCNS(=O)(=O)C(C)C. The van der Waals surface area contributed by atoms with Gasteiger partial charge in [-0.3, -0.25) is 4.79 Å². The Hall–Kier alpha value is -0.620. The lowest BCUT2D eigenvalue weighted by molar-refractivity contribution is -0.121. The fraction of sp³-hybridized carbons (Fsp3) is 0.900. The molecule has 0 atom stereocenters. The van der Waals surface area contributed by atoms with Gasteiger partial charge in [0.05, 0.1) is 5.25 Å². The van der Waals surface area contributed by atoms with Crippen LogP contribution < -0.4 is 10.0 Å². The summed E-state index contributed by atoms with van der Waals surface area (Å²) in [5.74, 6) is -0.0428. The van der Waals surface area contributed by atoms with Crippen molar-refractivity contribution < 1.29 is 13.2 Å². The van der Waals surface area contributed by atoms with Crippen LogP contribution in [0.2, 0.25) is 0 Å². The number of nitrogens with one attached hydrogen (secondary N) is 2. The topological polar surface area (TPSA) is 75.3 Å². The number of hydrogen-bond acceptors (Lipinski definition) is 3. The van der Waals surface area contributed by atoms with Crippen molar-refractivity contribution >= 4 is 15.9 Å². The molecule has 6 heteroatoms. The summed E-state index contributed by atoms with van der Waals surface area (Å²) in [4.78, 5) is 11.2. The minimum absolute atomic E-state index is 0.0428. The molecule has 0 rings (SSSR count). The third kappa shape index (κ3) is 6.79. The Kier molecular flexibility index (Phi) is 6.59. The highest BCUT2D eigenvalue weighted by Crippen LogP contribution is 1.97. The van der Waals surface area contributed by atoms with Crippen molar-refractivity contribution in [3.05, 3.63) is 0 Å². The van der Waals surface area contributed by atoms with Crippen molar-refractivity contribution in [2.24, 2.45) is 0 Å². The molecule has 0 saturated heterocycles. The highest BCUT2D eigenvalue weighted by molar-refractivity contribution is 7.90. The maximum Gasteiger partial charge on any atom is 0.220 e. The molecule has 0 aliphatic heterocycles. The Morgan fingerprint density at radius 2 is 1.75 bits per heavy atom. The molecule has 2 N–H and O–H groups in total. The molecule has 0 unspecified atom stereocenters. The van der Waals surface area contributed by atoms with Gasteiger partial charge in [0.25, 0.3) is 0 Å². The Bertz CT molecular complexity index is 310. The fourth-order valence-corrected chi connectivity index (χ4v) is 1.79. The molecular weight excluding hydrogens is 228 g/mol. The number of amides is 1. The molecule has 96 valence electrons. The van der Waals surface area contributed by atoms with Crippen molar-refractivity contribution in [2.45, 2.75) is 51.8 Å². The van der Waals surface area contributed by atoms with Gasteiger partial charge in [-0.2, -0.15) is 0 Å². The van der Waals surface area contributed by atoms with Crippen LogP contribution in [0.5, 0.6) is 0 Å². The van der Waals surface area contributed by atoms with E-state index in [0.717, 1.165) is 0 Å². The van der Waals surface area contributed by atoms with E-state index in [1.165, 1.54) is 0 Å². The van der Waals surface area contributed by atoms with Gasteiger partial charge in [-0.15, -0.1) is 0 Å². The van der Waals surface area contributed by atoms with Crippen LogP contribution in [0.4, 0.5) is 0 Å². The molecule has 0 heterocycles. The van der Waals surface area contributed by atoms with Gasteiger partial charge < -0.3 is 5.32 Å². The first-order valence-corrected chi connectivity index (χ1v) is 7.08. The number of carbonyl (C=O) groups is 1. The predicted octanol–water partition coefficient (Wildman–Crippen LogP) is 0.619. The molecular formula is C10H22N2O3S. The summed E-state index contributed by atoms with van der Waals surface area (Å²) in [6, 6.07) is 0.125. The molecule has 0 aliphatic rings. The lowest BCUT2D eigenvalue weighted by Crippen LogP contribution is -2.33. The molecule has 0 aromatic rings. The highest BCUT2D eigenvalue weighted by Gasteiger charge is 2.14. The van der Waals surface area contributed by atoms with E-state index in [4.69, 9.17) is 0 Å². The van der Waals surface area contributed by atoms with E-state index in [0.29, 0.717) is 19.4 Å². The normalized spacial score (nSPS) is 12.1. The van der Waals surface area contributed by atoms with Crippen LogP contribution in [-0.4, -0.2) is 32.2 Å². The summed E-state index contributed by atoms with van der Waals surface area (Å²) in [6.45, 7) is 7.33. The molecule has 0 spiro atoms. The summed E-state index contributed by atoms with van der Waals surface area (Å²) in [6.07, 6.45) is 0.864. The predicted molar refractivity (Wildman–Crippen MR) is 64.6 cm³/mol. The van der Waals surface area contributed by atoms with E-state index in [9.17, 15) is 13.2 Å². The van der Waals surface area contributed by atoms with E-state index in [2.05, 4.69) is 10.0 Å². The van der Waals surface area contributed by atoms with Crippen molar-refractivity contribution in [1.29, 1.82) is 0 Å². The second-order valence-electron chi connectivity index (χ2n) is 4.31. The van der Waals surface area contributed by atoms with Gasteiger partial charge in [-0.05, 0) is 34.1 Å². The number of rotatable bonds is 7. The van der Waals surface area contributed by atoms with Crippen LogP contribution in [0.1, 0.15) is 40.5 Å². The van der Waals surface area contributed by atoms with Crippen molar-refractivity contribution in [2.75, 3.05) is 6.54 Å². The second-order valence-corrected chi connectivity index (χ2v) is 6.64. The quantitative estimate of drug-likeness (QED) is 0.650. The van der Waals surface area contributed by atoms with E-state index in [1.54, 1.807) is 13.8 Å². The molecule has 0 bridgehead atoms. The van der Waals surface area contributed by atoms with E-state index in [-0.39, 0.29) is 11.9 Å². The maximum absolute atomic E-state index is 11.3. The first kappa shape index (κ1) is 15.4. The zero-order valence-electron chi connectivity index (χ0n) is 10.4. The van der Waals surface area contributed by atoms with Gasteiger partial charge in [0.1, 0.15) is 0 Å². The minimum Gasteiger partial charge on any atom is -0.354 e. The van der Waals surface area contributed by atoms with Crippen LogP contribution in [0.25, 0.3) is 0 Å². The van der Waals surface area contributed by atoms with Crippen LogP contribution in [-0.2, 0) is 14.8 Å². The maximum atomic E-state index is 11.3. The third-order valence-corrected chi connectivity index (χ3v) is 3.80. The first-order chi connectivity index (χ1) is 7.25. The molecule has 16 heavy (non-hydrogen) atoms. The van der Waals surface area contributed by atoms with Gasteiger partial charge in [0.15, 0.2) is 0 Å². The fourth-order valence-electron chi connectivity index (χ4n) is 1.02. The average Bonchev–Trinajstić information content (AvgIpc) is 2.11. The number of sulfonamides is 1. The Labute approximate surface area is 98.0 Å². The molecule has 0 aromatic heterocycles. The van der Waals surface area contributed by atoms with Gasteiger partial charge in [-0.1, -0.05) is 0 Å². The lowest BCUT2D eigenvalue weighted by Gasteiger charge is -2.10. The summed E-state index contributed by atoms with van der Waals surface area (Å²) < 4.78 is 25.1. The molecule has 0 radical (unpaired) electrons. The van der Waals surface area contributed by atoms with Gasteiger partial charge >= 0.3 is 0 Å². The number of hydrogen-bond donors (Lipinski definition) is 2. The third-order valence-electron chi connectivity index (χ3n) is 1.95. The zero-order chi connectivity index (χ0) is 12.8. The first-order valence-electron chi connectivity index (χ1n) is 5.53. The minimum atomic E-state index is -3.20. The van der Waals surface area contributed by atoms with E-state index in [1.807, 2.05) is 13.8 Å². The molecule has 0 aromatic carbocycles. The standard InChI is InChI=1S/C10H22N2O3S/c1-8(2)12-10(13)6-5-7-11-16(14,15)9(3)4/h8-9,11H,5-7H2,1-4H3,(H,12,13). The van der Waals surface area contributed by atoms with Crippen LogP contribution in [0.3, 0.4) is 0 Å². The van der Waals surface area contributed by atoms with E-state index >= 15 is 0 Å². The number of carbonyl (C=O) groups excluding carboxylic acids is 1. The zero-order valence-corrected chi connectivity index (χ0v) is 11.2. The Balaban J connectivity index is 3.73. The Morgan fingerprint density at radius 1 is 1.19 bits per heavy atom. The summed E-state index contributed by atoms with van der Waals surface area (Å²) in [5.41, 5.74) is 0. The molecule has 0 saturated carbocycles. The summed E-state index contributed by atoms with van der Waals surface area (Å²) >= 11 is 0. The monoisotopic (exact) mass is 250 g/mol.